The number of hydrogen-bond donors (Lipinski definition) is 0. The van der Waals surface area contributed by atoms with Crippen molar-refractivity contribution in [2.45, 2.75) is 27.2 Å². The van der Waals surface area contributed by atoms with Gasteiger partial charge in [-0.25, -0.2) is 0 Å². The number of morpholine rings is 1. The maximum atomic E-state index is 12.1. The second-order valence-electron chi connectivity index (χ2n) is 4.08. The van der Waals surface area contributed by atoms with Crippen LogP contribution in [0.25, 0.3) is 0 Å². The number of rotatable bonds is 1. The van der Waals surface area contributed by atoms with Gasteiger partial charge in [0.15, 0.2) is 0 Å². The lowest BCUT2D eigenvalue weighted by molar-refractivity contribution is -0.130. The molecule has 3 nitrogen and oxygen atoms in total. The van der Waals surface area contributed by atoms with Gasteiger partial charge in [0.2, 0.25) is 0 Å². The minimum atomic E-state index is 0.127. The molecule has 0 spiro atoms. The van der Waals surface area contributed by atoms with Crippen LogP contribution >= 0.6 is 0 Å². The molecule has 1 aliphatic heterocycles. The maximum absolute atomic E-state index is 12.1. The summed E-state index contributed by atoms with van der Waals surface area (Å²) in [5, 5.41) is 0. The van der Waals surface area contributed by atoms with Crippen molar-refractivity contribution in [1.82, 2.24) is 4.90 Å². The van der Waals surface area contributed by atoms with E-state index < -0.39 is 0 Å². The third-order valence-corrected chi connectivity index (χ3v) is 2.85. The molecule has 0 aromatic rings. The highest BCUT2D eigenvalue weighted by atomic mass is 16.5. The predicted molar refractivity (Wildman–Crippen MR) is 74.3 cm³/mol. The summed E-state index contributed by atoms with van der Waals surface area (Å²) in [7, 11) is 0. The van der Waals surface area contributed by atoms with E-state index >= 15 is 0 Å². The van der Waals surface area contributed by atoms with Gasteiger partial charge in [0, 0.05) is 18.7 Å². The molecule has 0 bridgehead atoms. The third-order valence-electron chi connectivity index (χ3n) is 2.85. The molecule has 0 aromatic heterocycles. The Balaban J connectivity index is 0.000000771. The fourth-order valence-electron chi connectivity index (χ4n) is 1.84. The van der Waals surface area contributed by atoms with Crippen molar-refractivity contribution in [3.05, 3.63) is 35.5 Å². The molecule has 0 radical (unpaired) electrons. The smallest absolute Gasteiger partial charge is 0.253 e. The van der Waals surface area contributed by atoms with Crippen molar-refractivity contribution in [1.29, 1.82) is 0 Å². The zero-order chi connectivity index (χ0) is 13.4. The van der Waals surface area contributed by atoms with E-state index in [9.17, 15) is 4.79 Å². The van der Waals surface area contributed by atoms with E-state index in [0.29, 0.717) is 26.3 Å². The van der Waals surface area contributed by atoms with Crippen molar-refractivity contribution in [3.63, 3.8) is 0 Å². The summed E-state index contributed by atoms with van der Waals surface area (Å²) in [4.78, 5) is 14.0. The minimum Gasteiger partial charge on any atom is -0.378 e. The maximum Gasteiger partial charge on any atom is 0.253 e. The Morgan fingerprint density at radius 1 is 1.17 bits per heavy atom. The van der Waals surface area contributed by atoms with Crippen molar-refractivity contribution >= 4 is 5.91 Å². The summed E-state index contributed by atoms with van der Waals surface area (Å²) >= 11 is 0. The first kappa shape index (κ1) is 14.7. The second kappa shape index (κ2) is 7.88. The Bertz CT molecular complexity index is 361. The normalized spacial score (nSPS) is 19.2. The summed E-state index contributed by atoms with van der Waals surface area (Å²) in [5.41, 5.74) is 2.01. The first-order valence-corrected chi connectivity index (χ1v) is 6.69. The molecule has 3 heteroatoms. The minimum absolute atomic E-state index is 0.127. The molecule has 1 aliphatic carbocycles. The monoisotopic (exact) mass is 249 g/mol. The Hall–Kier alpha value is -1.35. The lowest BCUT2D eigenvalue weighted by Gasteiger charge is -2.27. The summed E-state index contributed by atoms with van der Waals surface area (Å²) in [6, 6.07) is 0. The van der Waals surface area contributed by atoms with E-state index in [1.54, 1.807) is 0 Å². The molecule has 1 heterocycles. The van der Waals surface area contributed by atoms with Gasteiger partial charge in [-0.1, -0.05) is 37.6 Å². The van der Waals surface area contributed by atoms with E-state index in [-0.39, 0.29) is 5.91 Å². The van der Waals surface area contributed by atoms with Gasteiger partial charge >= 0.3 is 0 Å². The Morgan fingerprint density at radius 3 is 2.50 bits per heavy atom. The van der Waals surface area contributed by atoms with Crippen molar-refractivity contribution < 1.29 is 9.53 Å². The lowest BCUT2D eigenvalue weighted by Crippen LogP contribution is -2.41. The fourth-order valence-corrected chi connectivity index (χ4v) is 1.84. The van der Waals surface area contributed by atoms with Crippen LogP contribution in [0.15, 0.2) is 35.5 Å². The van der Waals surface area contributed by atoms with Crippen LogP contribution in [-0.4, -0.2) is 37.1 Å². The van der Waals surface area contributed by atoms with Crippen LogP contribution in [0.2, 0.25) is 0 Å². The first-order chi connectivity index (χ1) is 8.77. The molecule has 0 aromatic carbocycles. The van der Waals surface area contributed by atoms with Gasteiger partial charge in [0.25, 0.3) is 5.91 Å². The molecular formula is C15H23NO2. The third kappa shape index (κ3) is 4.15. The average molecular weight is 249 g/mol. The fraction of sp³-hybridized carbons (Fsp3) is 0.533. The Labute approximate surface area is 110 Å². The number of nitrogens with zero attached hydrogens (tertiary/aromatic N) is 1. The molecule has 0 N–H and O–H groups in total. The largest absolute Gasteiger partial charge is 0.378 e. The predicted octanol–water partition coefficient (Wildman–Crippen LogP) is 2.70. The van der Waals surface area contributed by atoms with Crippen LogP contribution < -0.4 is 0 Å². The van der Waals surface area contributed by atoms with Gasteiger partial charge in [0.1, 0.15) is 0 Å². The van der Waals surface area contributed by atoms with Crippen LogP contribution in [0.5, 0.6) is 0 Å². The number of allylic oxidation sites excluding steroid dienone is 4. The Morgan fingerprint density at radius 2 is 1.83 bits per heavy atom. The van der Waals surface area contributed by atoms with E-state index in [1.807, 2.05) is 43.9 Å². The highest BCUT2D eigenvalue weighted by molar-refractivity contribution is 5.96. The lowest BCUT2D eigenvalue weighted by atomic mass is 10.2. The van der Waals surface area contributed by atoms with Crippen LogP contribution in [0.3, 0.4) is 0 Å². The SMILES string of the molecule is CC.CC1=CCC=C(C(=O)N2CCOCC2)C=C1. The number of ether oxygens (including phenoxy) is 1. The first-order valence-electron chi connectivity index (χ1n) is 6.69. The molecule has 1 amide bonds. The van der Waals surface area contributed by atoms with Gasteiger partial charge < -0.3 is 9.64 Å². The summed E-state index contributed by atoms with van der Waals surface area (Å²) in [6.07, 6.45) is 8.86. The number of carbonyl (C=O) groups excluding carboxylic acids is 1. The van der Waals surface area contributed by atoms with Gasteiger partial charge in [0.05, 0.1) is 13.2 Å². The zero-order valence-electron chi connectivity index (χ0n) is 11.6. The molecule has 1 fully saturated rings. The molecule has 0 atom stereocenters. The van der Waals surface area contributed by atoms with E-state index in [0.717, 1.165) is 12.0 Å². The zero-order valence-corrected chi connectivity index (χ0v) is 11.6. The van der Waals surface area contributed by atoms with Crippen molar-refractivity contribution in [2.24, 2.45) is 0 Å². The van der Waals surface area contributed by atoms with E-state index in [1.165, 1.54) is 5.57 Å². The highest BCUT2D eigenvalue weighted by Gasteiger charge is 2.19. The van der Waals surface area contributed by atoms with Gasteiger partial charge in [-0.2, -0.15) is 0 Å². The van der Waals surface area contributed by atoms with E-state index in [4.69, 9.17) is 4.74 Å². The topological polar surface area (TPSA) is 29.5 Å². The number of carbonyl (C=O) groups is 1. The summed E-state index contributed by atoms with van der Waals surface area (Å²) < 4.78 is 5.24. The van der Waals surface area contributed by atoms with E-state index in [2.05, 4.69) is 6.08 Å². The second-order valence-corrected chi connectivity index (χ2v) is 4.08. The average Bonchev–Trinajstić information content (AvgIpc) is 2.66. The molecular weight excluding hydrogens is 226 g/mol. The summed E-state index contributed by atoms with van der Waals surface area (Å²) in [6.45, 7) is 8.76. The standard InChI is InChI=1S/C13H17NO2.C2H6/c1-11-3-2-4-12(6-5-11)13(15)14-7-9-16-10-8-14;1-2/h3-6H,2,7-10H2,1H3;1-2H3. The number of hydrogen-bond acceptors (Lipinski definition) is 2. The van der Waals surface area contributed by atoms with Crippen LogP contribution in [-0.2, 0) is 9.53 Å². The highest BCUT2D eigenvalue weighted by Crippen LogP contribution is 2.13. The Kier molecular flexibility index (Phi) is 6.44. The number of amides is 1. The van der Waals surface area contributed by atoms with Crippen LogP contribution in [0, 0.1) is 0 Å². The quantitative estimate of drug-likeness (QED) is 0.715. The molecule has 100 valence electrons. The van der Waals surface area contributed by atoms with Gasteiger partial charge in [-0.05, 0) is 19.4 Å². The molecule has 2 rings (SSSR count). The molecule has 18 heavy (non-hydrogen) atoms. The van der Waals surface area contributed by atoms with Crippen molar-refractivity contribution in [3.8, 4) is 0 Å². The van der Waals surface area contributed by atoms with Crippen LogP contribution in [0.1, 0.15) is 27.2 Å². The van der Waals surface area contributed by atoms with Crippen molar-refractivity contribution in [2.75, 3.05) is 26.3 Å². The molecule has 0 unspecified atom stereocenters. The van der Waals surface area contributed by atoms with Crippen LogP contribution in [0.4, 0.5) is 0 Å². The molecule has 2 aliphatic rings. The van der Waals surface area contributed by atoms with Gasteiger partial charge in [-0.15, -0.1) is 0 Å². The van der Waals surface area contributed by atoms with Gasteiger partial charge in [-0.3, -0.25) is 4.79 Å². The summed E-state index contributed by atoms with van der Waals surface area (Å²) in [5.74, 6) is 0.127. The molecule has 0 saturated carbocycles. The molecule has 1 saturated heterocycles.